The smallest absolute Gasteiger partial charge is 0.276 e. The number of hydrogen-bond donors (Lipinski definition) is 0. The first kappa shape index (κ1) is 16.0. The summed E-state index contributed by atoms with van der Waals surface area (Å²) in [6.07, 6.45) is 7.56. The molecule has 0 spiro atoms. The lowest BCUT2D eigenvalue weighted by molar-refractivity contribution is 0.0736. The van der Waals surface area contributed by atoms with Gasteiger partial charge in [-0.15, -0.1) is 5.10 Å². The van der Waals surface area contributed by atoms with Gasteiger partial charge in [-0.05, 0) is 30.5 Å². The zero-order chi connectivity index (χ0) is 16.1. The molecule has 0 aliphatic carbocycles. The molecule has 0 unspecified atom stereocenters. The molecule has 0 atom stereocenters. The van der Waals surface area contributed by atoms with Crippen LogP contribution in [0.5, 0.6) is 0 Å². The van der Waals surface area contributed by atoms with Crippen LogP contribution in [0.1, 0.15) is 48.2 Å². The van der Waals surface area contributed by atoms with Gasteiger partial charge in [0.15, 0.2) is 5.69 Å². The summed E-state index contributed by atoms with van der Waals surface area (Å²) in [6, 6.07) is 7.59. The number of amides is 1. The first-order valence-electron chi connectivity index (χ1n) is 8.16. The van der Waals surface area contributed by atoms with E-state index in [1.807, 2.05) is 29.2 Å². The molecular weight excluding hydrogens is 312 g/mol. The van der Waals surface area contributed by atoms with E-state index < -0.39 is 0 Å². The summed E-state index contributed by atoms with van der Waals surface area (Å²) < 4.78 is 1.69. The van der Waals surface area contributed by atoms with E-state index in [0.29, 0.717) is 17.3 Å². The summed E-state index contributed by atoms with van der Waals surface area (Å²) >= 11 is 5.89. The van der Waals surface area contributed by atoms with E-state index in [4.69, 9.17) is 11.6 Å². The third-order valence-corrected chi connectivity index (χ3v) is 4.41. The fourth-order valence-corrected chi connectivity index (χ4v) is 2.99. The lowest BCUT2D eigenvalue weighted by Crippen LogP contribution is -2.34. The van der Waals surface area contributed by atoms with Crippen molar-refractivity contribution in [1.82, 2.24) is 19.9 Å². The molecule has 1 aliphatic heterocycles. The van der Waals surface area contributed by atoms with Crippen LogP contribution in [0.4, 0.5) is 0 Å². The van der Waals surface area contributed by atoms with E-state index in [2.05, 4.69) is 10.3 Å². The van der Waals surface area contributed by atoms with E-state index in [1.54, 1.807) is 10.9 Å². The summed E-state index contributed by atoms with van der Waals surface area (Å²) in [5, 5.41) is 8.84. The van der Waals surface area contributed by atoms with E-state index in [0.717, 1.165) is 31.5 Å². The van der Waals surface area contributed by atoms with Crippen LogP contribution in [0.2, 0.25) is 5.02 Å². The fourth-order valence-electron chi connectivity index (χ4n) is 2.86. The van der Waals surface area contributed by atoms with Crippen LogP contribution >= 0.6 is 11.6 Å². The molecule has 1 saturated heterocycles. The Balaban J connectivity index is 1.65. The summed E-state index contributed by atoms with van der Waals surface area (Å²) in [6.45, 7) is 2.23. The summed E-state index contributed by atoms with van der Waals surface area (Å²) in [5.74, 6) is -0.00532. The van der Waals surface area contributed by atoms with Crippen LogP contribution in [-0.2, 0) is 6.54 Å². The quantitative estimate of drug-likeness (QED) is 0.865. The van der Waals surface area contributed by atoms with Crippen LogP contribution in [0.25, 0.3) is 0 Å². The van der Waals surface area contributed by atoms with Crippen molar-refractivity contribution >= 4 is 17.5 Å². The molecule has 1 aromatic heterocycles. The van der Waals surface area contributed by atoms with Crippen LogP contribution < -0.4 is 0 Å². The lowest BCUT2D eigenvalue weighted by atomic mass is 10.1. The van der Waals surface area contributed by atoms with Crippen molar-refractivity contribution in [2.45, 2.75) is 38.6 Å². The molecule has 1 aromatic carbocycles. The average molecular weight is 333 g/mol. The van der Waals surface area contributed by atoms with Gasteiger partial charge in [0, 0.05) is 18.1 Å². The van der Waals surface area contributed by atoms with Gasteiger partial charge in [-0.1, -0.05) is 48.2 Å². The highest BCUT2D eigenvalue weighted by atomic mass is 35.5. The predicted molar refractivity (Wildman–Crippen MR) is 89.6 cm³/mol. The second-order valence-corrected chi connectivity index (χ2v) is 6.42. The molecule has 1 amide bonds. The largest absolute Gasteiger partial charge is 0.337 e. The van der Waals surface area contributed by atoms with Gasteiger partial charge in [-0.3, -0.25) is 4.79 Å². The number of carbonyl (C=O) groups excluding carboxylic acids is 1. The molecule has 23 heavy (non-hydrogen) atoms. The fraction of sp³-hybridized carbons (Fsp3) is 0.471. The van der Waals surface area contributed by atoms with Gasteiger partial charge in [-0.2, -0.15) is 0 Å². The van der Waals surface area contributed by atoms with Gasteiger partial charge in [0.2, 0.25) is 0 Å². The molecular formula is C17H21ClN4O. The summed E-state index contributed by atoms with van der Waals surface area (Å²) in [7, 11) is 0. The number of rotatable bonds is 3. The molecule has 3 rings (SSSR count). The van der Waals surface area contributed by atoms with Crippen molar-refractivity contribution in [3.63, 3.8) is 0 Å². The Labute approximate surface area is 141 Å². The number of hydrogen-bond acceptors (Lipinski definition) is 3. The Hall–Kier alpha value is -1.88. The Morgan fingerprint density at radius 1 is 1.04 bits per heavy atom. The number of aromatic nitrogens is 3. The SMILES string of the molecule is O=C(c1cn(Cc2ccc(Cl)cc2)nn1)N1CCCCCCC1. The third-order valence-electron chi connectivity index (χ3n) is 4.16. The second-order valence-electron chi connectivity index (χ2n) is 5.99. The molecule has 0 bridgehead atoms. The molecule has 6 heteroatoms. The van der Waals surface area contributed by atoms with Crippen LogP contribution in [0.15, 0.2) is 30.5 Å². The number of halogens is 1. The van der Waals surface area contributed by atoms with E-state index in [-0.39, 0.29) is 5.91 Å². The van der Waals surface area contributed by atoms with Crippen molar-refractivity contribution in [3.05, 3.63) is 46.7 Å². The maximum absolute atomic E-state index is 12.6. The highest BCUT2D eigenvalue weighted by molar-refractivity contribution is 6.30. The standard InChI is InChI=1S/C17H21ClN4O/c18-15-8-6-14(7-9-15)12-22-13-16(19-20-22)17(23)21-10-4-2-1-3-5-11-21/h6-9,13H,1-5,10-12H2. The van der Waals surface area contributed by atoms with E-state index >= 15 is 0 Å². The topological polar surface area (TPSA) is 51.0 Å². The summed E-state index contributed by atoms with van der Waals surface area (Å²) in [5.41, 5.74) is 1.50. The molecule has 5 nitrogen and oxygen atoms in total. The van der Waals surface area contributed by atoms with Crippen LogP contribution in [0, 0.1) is 0 Å². The summed E-state index contributed by atoms with van der Waals surface area (Å²) in [4.78, 5) is 14.5. The number of carbonyl (C=O) groups is 1. The maximum Gasteiger partial charge on any atom is 0.276 e. The highest BCUT2D eigenvalue weighted by Crippen LogP contribution is 2.13. The van der Waals surface area contributed by atoms with Gasteiger partial charge in [0.25, 0.3) is 5.91 Å². The molecule has 2 heterocycles. The van der Waals surface area contributed by atoms with Crippen molar-refractivity contribution < 1.29 is 4.79 Å². The molecule has 1 aliphatic rings. The van der Waals surface area contributed by atoms with Gasteiger partial charge in [-0.25, -0.2) is 4.68 Å². The zero-order valence-corrected chi connectivity index (χ0v) is 13.9. The zero-order valence-electron chi connectivity index (χ0n) is 13.1. The highest BCUT2D eigenvalue weighted by Gasteiger charge is 2.19. The first-order chi connectivity index (χ1) is 11.2. The van der Waals surface area contributed by atoms with Gasteiger partial charge >= 0.3 is 0 Å². The minimum atomic E-state index is -0.00532. The maximum atomic E-state index is 12.6. The van der Waals surface area contributed by atoms with E-state index in [9.17, 15) is 4.79 Å². The first-order valence-corrected chi connectivity index (χ1v) is 8.54. The monoisotopic (exact) mass is 332 g/mol. The molecule has 1 fully saturated rings. The Kier molecular flexibility index (Phi) is 5.28. The van der Waals surface area contributed by atoms with Gasteiger partial charge in [0.05, 0.1) is 12.7 Å². The molecule has 0 radical (unpaired) electrons. The minimum Gasteiger partial charge on any atom is -0.337 e. The normalized spacial score (nSPS) is 16.0. The number of benzene rings is 1. The third kappa shape index (κ3) is 4.32. The Bertz CT molecular complexity index is 645. The van der Waals surface area contributed by atoms with E-state index in [1.165, 1.54) is 19.3 Å². The second kappa shape index (κ2) is 7.59. The van der Waals surface area contributed by atoms with Gasteiger partial charge in [0.1, 0.15) is 0 Å². The minimum absolute atomic E-state index is 0.00532. The van der Waals surface area contributed by atoms with Crippen LogP contribution in [0.3, 0.4) is 0 Å². The van der Waals surface area contributed by atoms with Gasteiger partial charge < -0.3 is 4.90 Å². The molecule has 0 N–H and O–H groups in total. The average Bonchev–Trinajstić information content (AvgIpc) is 2.97. The predicted octanol–water partition coefficient (Wildman–Crippen LogP) is 3.39. The van der Waals surface area contributed by atoms with Crippen LogP contribution in [-0.4, -0.2) is 38.9 Å². The van der Waals surface area contributed by atoms with Crippen molar-refractivity contribution in [2.24, 2.45) is 0 Å². The number of likely N-dealkylation sites (tertiary alicyclic amines) is 1. The molecule has 122 valence electrons. The van der Waals surface area contributed by atoms with Crippen molar-refractivity contribution in [1.29, 1.82) is 0 Å². The Morgan fingerprint density at radius 3 is 2.39 bits per heavy atom. The lowest BCUT2D eigenvalue weighted by Gasteiger charge is -2.23. The molecule has 0 saturated carbocycles. The Morgan fingerprint density at radius 2 is 1.70 bits per heavy atom. The molecule has 2 aromatic rings. The van der Waals surface area contributed by atoms with Crippen molar-refractivity contribution in [2.75, 3.05) is 13.1 Å². The van der Waals surface area contributed by atoms with Crippen molar-refractivity contribution in [3.8, 4) is 0 Å². The number of nitrogens with zero attached hydrogens (tertiary/aromatic N) is 4.